The maximum absolute atomic E-state index is 3.81. The summed E-state index contributed by atoms with van der Waals surface area (Å²) in [5, 5.41) is 5.10. The minimum atomic E-state index is 1.17. The average Bonchev–Trinajstić information content (AvgIpc) is 2.57. The van der Waals surface area contributed by atoms with Crippen molar-refractivity contribution in [3.63, 3.8) is 0 Å². The van der Waals surface area contributed by atoms with Crippen LogP contribution in [0.1, 0.15) is 0 Å². The Balaban J connectivity index is 2.03. The molecule has 0 spiro atoms. The molecule has 4 aromatic rings. The Morgan fingerprint density at radius 1 is 0.591 bits per heavy atom. The summed E-state index contributed by atoms with van der Waals surface area (Å²) >= 11 is 6.28. The van der Waals surface area contributed by atoms with E-state index in [4.69, 9.17) is 0 Å². The van der Waals surface area contributed by atoms with E-state index < -0.39 is 0 Å². The molecular formula is C20H12BrI. The van der Waals surface area contributed by atoms with Gasteiger partial charge in [0.1, 0.15) is 0 Å². The first-order chi connectivity index (χ1) is 10.8. The average molecular weight is 459 g/mol. The number of benzene rings is 4. The predicted octanol–water partition coefficient (Wildman–Crippen LogP) is 7.03. The van der Waals surface area contributed by atoms with Gasteiger partial charge in [0.2, 0.25) is 0 Å². The van der Waals surface area contributed by atoms with Gasteiger partial charge in [-0.1, -0.05) is 72.8 Å². The van der Waals surface area contributed by atoms with Crippen molar-refractivity contribution in [2.24, 2.45) is 0 Å². The minimum Gasteiger partial charge on any atom is -0.0616 e. The van der Waals surface area contributed by atoms with Gasteiger partial charge in [0.15, 0.2) is 0 Å². The molecule has 0 heterocycles. The van der Waals surface area contributed by atoms with Gasteiger partial charge in [-0.25, -0.2) is 0 Å². The topological polar surface area (TPSA) is 0 Å². The molecule has 0 amide bonds. The molecule has 0 atom stereocenters. The molecule has 0 saturated carbocycles. The SMILES string of the molecule is Brc1c(-c2ccc3ccccc3c2I)ccc2ccccc12. The molecule has 0 unspecified atom stereocenters. The summed E-state index contributed by atoms with van der Waals surface area (Å²) in [6.45, 7) is 0. The monoisotopic (exact) mass is 458 g/mol. The Morgan fingerprint density at radius 3 is 1.86 bits per heavy atom. The van der Waals surface area contributed by atoms with E-state index in [-0.39, 0.29) is 0 Å². The van der Waals surface area contributed by atoms with Crippen LogP contribution in [0.3, 0.4) is 0 Å². The molecule has 0 nitrogen and oxygen atoms in total. The van der Waals surface area contributed by atoms with Gasteiger partial charge in [-0.05, 0) is 71.2 Å². The number of halogens is 2. The van der Waals surface area contributed by atoms with Crippen LogP contribution in [0.4, 0.5) is 0 Å². The molecule has 0 aliphatic rings. The van der Waals surface area contributed by atoms with E-state index in [9.17, 15) is 0 Å². The quantitative estimate of drug-likeness (QED) is 0.268. The van der Waals surface area contributed by atoms with E-state index >= 15 is 0 Å². The smallest absolute Gasteiger partial charge is 0.0332 e. The second kappa shape index (κ2) is 5.67. The number of hydrogen-bond donors (Lipinski definition) is 0. The molecule has 0 radical (unpaired) electrons. The van der Waals surface area contributed by atoms with Gasteiger partial charge in [0.25, 0.3) is 0 Å². The summed E-state index contributed by atoms with van der Waals surface area (Å²) in [5.74, 6) is 0. The number of hydrogen-bond acceptors (Lipinski definition) is 0. The van der Waals surface area contributed by atoms with Gasteiger partial charge in [-0.2, -0.15) is 0 Å². The van der Waals surface area contributed by atoms with Gasteiger partial charge in [-0.15, -0.1) is 0 Å². The van der Waals surface area contributed by atoms with Gasteiger partial charge >= 0.3 is 0 Å². The molecule has 0 bridgehead atoms. The Bertz CT molecular complexity index is 922. The maximum atomic E-state index is 3.81. The lowest BCUT2D eigenvalue weighted by molar-refractivity contribution is 1.62. The first kappa shape index (κ1) is 14.2. The van der Waals surface area contributed by atoms with Crippen molar-refractivity contribution in [1.29, 1.82) is 0 Å². The molecule has 0 fully saturated rings. The van der Waals surface area contributed by atoms with Crippen LogP contribution in [-0.4, -0.2) is 0 Å². The highest BCUT2D eigenvalue weighted by Gasteiger charge is 2.11. The highest BCUT2D eigenvalue weighted by molar-refractivity contribution is 14.1. The second-order valence-corrected chi connectivity index (χ2v) is 7.17. The van der Waals surface area contributed by atoms with E-state index in [1.54, 1.807) is 0 Å². The molecule has 4 rings (SSSR count). The first-order valence-electron chi connectivity index (χ1n) is 7.10. The summed E-state index contributed by atoms with van der Waals surface area (Å²) < 4.78 is 2.46. The lowest BCUT2D eigenvalue weighted by Gasteiger charge is -2.12. The largest absolute Gasteiger partial charge is 0.0616 e. The van der Waals surface area contributed by atoms with Crippen molar-refractivity contribution >= 4 is 60.1 Å². The molecule has 106 valence electrons. The standard InChI is InChI=1S/C20H12BrI/c21-19-15-7-3-1-5-13(15)9-11-17(19)18-12-10-14-6-2-4-8-16(14)20(18)22/h1-12H. The zero-order valence-electron chi connectivity index (χ0n) is 11.7. The van der Waals surface area contributed by atoms with E-state index in [1.807, 2.05) is 0 Å². The molecule has 0 aliphatic heterocycles. The highest BCUT2D eigenvalue weighted by atomic mass is 127. The van der Waals surface area contributed by atoms with Crippen LogP contribution < -0.4 is 0 Å². The summed E-state index contributed by atoms with van der Waals surface area (Å²) in [6, 6.07) is 25.8. The third-order valence-electron chi connectivity index (χ3n) is 4.02. The Kier molecular flexibility index (Phi) is 3.66. The molecular weight excluding hydrogens is 447 g/mol. The zero-order valence-corrected chi connectivity index (χ0v) is 15.4. The minimum absolute atomic E-state index is 1.17. The number of fused-ring (bicyclic) bond motifs is 2. The van der Waals surface area contributed by atoms with Crippen LogP contribution >= 0.6 is 38.5 Å². The zero-order chi connectivity index (χ0) is 15.1. The summed E-state index contributed by atoms with van der Waals surface area (Å²) in [7, 11) is 0. The van der Waals surface area contributed by atoms with Crippen LogP contribution in [-0.2, 0) is 0 Å². The van der Waals surface area contributed by atoms with Crippen LogP contribution in [0.5, 0.6) is 0 Å². The van der Waals surface area contributed by atoms with Crippen LogP contribution in [0.2, 0.25) is 0 Å². The molecule has 4 aromatic carbocycles. The first-order valence-corrected chi connectivity index (χ1v) is 8.98. The van der Waals surface area contributed by atoms with Crippen molar-refractivity contribution in [3.05, 3.63) is 80.8 Å². The molecule has 22 heavy (non-hydrogen) atoms. The summed E-state index contributed by atoms with van der Waals surface area (Å²) in [5.41, 5.74) is 2.52. The van der Waals surface area contributed by atoms with E-state index in [1.165, 1.54) is 40.7 Å². The highest BCUT2D eigenvalue weighted by Crippen LogP contribution is 2.38. The predicted molar refractivity (Wildman–Crippen MR) is 107 cm³/mol. The van der Waals surface area contributed by atoms with Crippen LogP contribution in [0.25, 0.3) is 32.7 Å². The Hall–Kier alpha value is -1.39. The van der Waals surface area contributed by atoms with Crippen LogP contribution in [0, 0.1) is 3.57 Å². The second-order valence-electron chi connectivity index (χ2n) is 5.30. The van der Waals surface area contributed by atoms with Gasteiger partial charge in [0.05, 0.1) is 0 Å². The lowest BCUT2D eigenvalue weighted by Crippen LogP contribution is -1.88. The van der Waals surface area contributed by atoms with Gasteiger partial charge in [0, 0.05) is 8.04 Å². The fourth-order valence-electron chi connectivity index (χ4n) is 2.88. The summed E-state index contributed by atoms with van der Waals surface area (Å²) in [4.78, 5) is 0. The lowest BCUT2D eigenvalue weighted by atomic mass is 9.98. The third kappa shape index (κ3) is 2.25. The molecule has 0 aliphatic carbocycles. The van der Waals surface area contributed by atoms with Crippen molar-refractivity contribution in [2.45, 2.75) is 0 Å². The van der Waals surface area contributed by atoms with Crippen molar-refractivity contribution < 1.29 is 0 Å². The normalized spacial score (nSPS) is 11.2. The van der Waals surface area contributed by atoms with E-state index in [2.05, 4.69) is 111 Å². The fraction of sp³-hybridized carbons (Fsp3) is 0. The Labute approximate surface area is 151 Å². The Morgan fingerprint density at radius 2 is 1.14 bits per heavy atom. The van der Waals surface area contributed by atoms with Gasteiger partial charge < -0.3 is 0 Å². The molecule has 0 aromatic heterocycles. The van der Waals surface area contributed by atoms with Crippen molar-refractivity contribution in [2.75, 3.05) is 0 Å². The van der Waals surface area contributed by atoms with E-state index in [0.717, 1.165) is 0 Å². The van der Waals surface area contributed by atoms with Gasteiger partial charge in [-0.3, -0.25) is 0 Å². The van der Waals surface area contributed by atoms with Crippen molar-refractivity contribution in [3.8, 4) is 11.1 Å². The summed E-state index contributed by atoms with van der Waals surface area (Å²) in [6.07, 6.45) is 0. The molecule has 0 saturated heterocycles. The van der Waals surface area contributed by atoms with E-state index in [0.29, 0.717) is 0 Å². The van der Waals surface area contributed by atoms with Crippen molar-refractivity contribution in [1.82, 2.24) is 0 Å². The molecule has 0 N–H and O–H groups in total. The van der Waals surface area contributed by atoms with Crippen LogP contribution in [0.15, 0.2) is 77.3 Å². The molecule has 2 heteroatoms. The number of rotatable bonds is 1. The third-order valence-corrected chi connectivity index (χ3v) is 6.03. The maximum Gasteiger partial charge on any atom is 0.0332 e. The fourth-order valence-corrected chi connectivity index (χ4v) is 4.55.